The van der Waals surface area contributed by atoms with Crippen molar-refractivity contribution < 1.29 is 29.3 Å². The van der Waals surface area contributed by atoms with Crippen molar-refractivity contribution in [3.8, 4) is 5.75 Å². The largest absolute Gasteiger partial charge is 0.508 e. The third-order valence-corrected chi connectivity index (χ3v) is 2.21. The van der Waals surface area contributed by atoms with Crippen LogP contribution in [0.15, 0.2) is 24.3 Å². The predicted molar refractivity (Wildman–Crippen MR) is 51.1 cm³/mol. The van der Waals surface area contributed by atoms with Gasteiger partial charge in [-0.15, -0.1) is 0 Å². The van der Waals surface area contributed by atoms with Gasteiger partial charge < -0.3 is 14.7 Å². The maximum absolute atomic E-state index is 9.29. The van der Waals surface area contributed by atoms with Crippen LogP contribution in [0, 0.1) is 0 Å². The number of anilines is 1. The third kappa shape index (κ3) is 2.69. The van der Waals surface area contributed by atoms with Crippen LogP contribution in [0.3, 0.4) is 0 Å². The fraction of sp³-hybridized carbons (Fsp3) is 0.400. The van der Waals surface area contributed by atoms with E-state index in [4.69, 9.17) is 4.74 Å². The minimum atomic E-state index is 0. The molecule has 0 bridgehead atoms. The molecule has 1 saturated heterocycles. The molecular formula is C10H13NO2Ru. The van der Waals surface area contributed by atoms with E-state index in [-0.39, 0.29) is 19.5 Å². The number of phenols is 1. The van der Waals surface area contributed by atoms with E-state index in [2.05, 4.69) is 4.90 Å². The third-order valence-electron chi connectivity index (χ3n) is 2.21. The Morgan fingerprint density at radius 3 is 2.57 bits per heavy atom. The first-order valence-corrected chi connectivity index (χ1v) is 4.48. The molecular weight excluding hydrogens is 267 g/mol. The van der Waals surface area contributed by atoms with Crippen molar-refractivity contribution in [2.24, 2.45) is 0 Å². The molecule has 1 aromatic rings. The smallest absolute Gasteiger partial charge is 0.117 e. The summed E-state index contributed by atoms with van der Waals surface area (Å²) < 4.78 is 5.25. The molecule has 0 saturated carbocycles. The molecule has 78 valence electrons. The van der Waals surface area contributed by atoms with Gasteiger partial charge in [0.05, 0.1) is 13.2 Å². The van der Waals surface area contributed by atoms with Gasteiger partial charge in [0.15, 0.2) is 0 Å². The molecule has 1 heterocycles. The normalized spacial score (nSPS) is 16.1. The van der Waals surface area contributed by atoms with Gasteiger partial charge in [0, 0.05) is 44.3 Å². The fourth-order valence-electron chi connectivity index (χ4n) is 1.51. The van der Waals surface area contributed by atoms with Gasteiger partial charge in [-0.25, -0.2) is 0 Å². The summed E-state index contributed by atoms with van der Waals surface area (Å²) in [4.78, 5) is 2.21. The molecule has 3 nitrogen and oxygen atoms in total. The van der Waals surface area contributed by atoms with E-state index in [9.17, 15) is 5.11 Å². The van der Waals surface area contributed by atoms with Gasteiger partial charge in [0.2, 0.25) is 0 Å². The molecule has 0 aromatic heterocycles. The Labute approximate surface area is 96.4 Å². The first-order chi connectivity index (χ1) is 6.36. The monoisotopic (exact) mass is 281 g/mol. The van der Waals surface area contributed by atoms with E-state index in [1.54, 1.807) is 12.1 Å². The number of rotatable bonds is 1. The molecule has 1 N–H and O–H groups in total. The maximum atomic E-state index is 9.29. The molecule has 0 atom stereocenters. The van der Waals surface area contributed by atoms with E-state index < -0.39 is 0 Å². The number of phenolic OH excluding ortho intramolecular Hbond substituents is 1. The molecule has 1 fully saturated rings. The first kappa shape index (κ1) is 11.5. The molecule has 1 aromatic carbocycles. The molecule has 0 radical (unpaired) electrons. The van der Waals surface area contributed by atoms with Crippen molar-refractivity contribution in [1.29, 1.82) is 0 Å². The van der Waals surface area contributed by atoms with E-state index >= 15 is 0 Å². The zero-order valence-corrected chi connectivity index (χ0v) is 9.53. The van der Waals surface area contributed by atoms with E-state index in [1.165, 1.54) is 0 Å². The van der Waals surface area contributed by atoms with Crippen molar-refractivity contribution in [3.05, 3.63) is 24.3 Å². The fourth-order valence-corrected chi connectivity index (χ4v) is 1.51. The van der Waals surface area contributed by atoms with Crippen LogP contribution in [0.2, 0.25) is 0 Å². The SMILES string of the molecule is Oc1cccc(N2CCOCC2)c1.[Ru]. The molecule has 0 aliphatic carbocycles. The van der Waals surface area contributed by atoms with Gasteiger partial charge >= 0.3 is 0 Å². The summed E-state index contributed by atoms with van der Waals surface area (Å²) in [5, 5.41) is 9.29. The summed E-state index contributed by atoms with van der Waals surface area (Å²) in [7, 11) is 0. The van der Waals surface area contributed by atoms with E-state index in [0.29, 0.717) is 5.75 Å². The molecule has 4 heteroatoms. The van der Waals surface area contributed by atoms with Crippen molar-refractivity contribution in [3.63, 3.8) is 0 Å². The van der Waals surface area contributed by atoms with Gasteiger partial charge in [-0.2, -0.15) is 0 Å². The van der Waals surface area contributed by atoms with E-state index in [0.717, 1.165) is 32.0 Å². The predicted octanol–water partition coefficient (Wildman–Crippen LogP) is 1.23. The van der Waals surface area contributed by atoms with Crippen molar-refractivity contribution >= 4 is 5.69 Å². The average molecular weight is 280 g/mol. The quantitative estimate of drug-likeness (QED) is 0.785. The minimum Gasteiger partial charge on any atom is -0.508 e. The second-order valence-electron chi connectivity index (χ2n) is 3.12. The van der Waals surface area contributed by atoms with Gasteiger partial charge in [-0.1, -0.05) is 6.07 Å². The summed E-state index contributed by atoms with van der Waals surface area (Å²) in [6.07, 6.45) is 0. The standard InChI is InChI=1S/C10H13NO2.Ru/c12-10-3-1-2-9(8-10)11-4-6-13-7-5-11;/h1-3,8,12H,4-7H2;. The van der Waals surface area contributed by atoms with Crippen molar-refractivity contribution in [2.75, 3.05) is 31.2 Å². The van der Waals surface area contributed by atoms with Crippen LogP contribution in [-0.2, 0) is 24.2 Å². The minimum absolute atomic E-state index is 0. The van der Waals surface area contributed by atoms with E-state index in [1.807, 2.05) is 12.1 Å². The number of morpholine rings is 1. The van der Waals surface area contributed by atoms with Gasteiger partial charge in [-0.05, 0) is 12.1 Å². The van der Waals surface area contributed by atoms with Gasteiger partial charge in [-0.3, -0.25) is 0 Å². The van der Waals surface area contributed by atoms with Crippen LogP contribution < -0.4 is 4.90 Å². The second kappa shape index (κ2) is 5.33. The second-order valence-corrected chi connectivity index (χ2v) is 3.12. The van der Waals surface area contributed by atoms with Crippen LogP contribution in [-0.4, -0.2) is 31.4 Å². The molecule has 1 aliphatic heterocycles. The molecule has 1 aliphatic rings. The Balaban J connectivity index is 0.000000980. The zero-order valence-electron chi connectivity index (χ0n) is 7.79. The summed E-state index contributed by atoms with van der Waals surface area (Å²) >= 11 is 0. The first-order valence-electron chi connectivity index (χ1n) is 4.48. The number of benzene rings is 1. The summed E-state index contributed by atoms with van der Waals surface area (Å²) in [5.74, 6) is 0.323. The molecule has 14 heavy (non-hydrogen) atoms. The zero-order chi connectivity index (χ0) is 9.10. The Morgan fingerprint density at radius 2 is 1.93 bits per heavy atom. The summed E-state index contributed by atoms with van der Waals surface area (Å²) in [6.45, 7) is 3.36. The summed E-state index contributed by atoms with van der Waals surface area (Å²) in [6, 6.07) is 7.33. The molecule has 0 amide bonds. The van der Waals surface area contributed by atoms with Crippen molar-refractivity contribution in [2.45, 2.75) is 0 Å². The Kier molecular flexibility index (Phi) is 4.37. The molecule has 0 unspecified atom stereocenters. The Hall–Kier alpha value is -0.597. The van der Waals surface area contributed by atoms with Crippen LogP contribution in [0.5, 0.6) is 5.75 Å². The number of ether oxygens (including phenoxy) is 1. The van der Waals surface area contributed by atoms with Crippen LogP contribution >= 0.6 is 0 Å². The average Bonchev–Trinajstić information content (AvgIpc) is 2.19. The number of nitrogens with zero attached hydrogens (tertiary/aromatic N) is 1. The number of hydrogen-bond acceptors (Lipinski definition) is 3. The topological polar surface area (TPSA) is 32.7 Å². The van der Waals surface area contributed by atoms with Crippen molar-refractivity contribution in [1.82, 2.24) is 0 Å². The Morgan fingerprint density at radius 1 is 1.21 bits per heavy atom. The van der Waals surface area contributed by atoms with Crippen LogP contribution in [0.4, 0.5) is 5.69 Å². The number of hydrogen-bond donors (Lipinski definition) is 1. The summed E-state index contributed by atoms with van der Waals surface area (Å²) in [5.41, 5.74) is 1.07. The maximum Gasteiger partial charge on any atom is 0.117 e. The van der Waals surface area contributed by atoms with Crippen LogP contribution in [0.25, 0.3) is 0 Å². The van der Waals surface area contributed by atoms with Crippen LogP contribution in [0.1, 0.15) is 0 Å². The Bertz CT molecular complexity index is 287. The molecule has 2 rings (SSSR count). The molecule has 0 spiro atoms. The number of aromatic hydroxyl groups is 1. The van der Waals surface area contributed by atoms with Gasteiger partial charge in [0.1, 0.15) is 5.75 Å². The van der Waals surface area contributed by atoms with Gasteiger partial charge in [0.25, 0.3) is 0 Å².